The Hall–Kier alpha value is -1.23. The van der Waals surface area contributed by atoms with Crippen LogP contribution in [0.1, 0.15) is 33.3 Å². The van der Waals surface area contributed by atoms with Crippen molar-refractivity contribution in [2.24, 2.45) is 0 Å². The Kier molecular flexibility index (Phi) is 5.87. The molecule has 1 rings (SSSR count). The van der Waals surface area contributed by atoms with Crippen molar-refractivity contribution < 1.29 is 9.53 Å². The minimum atomic E-state index is -0.470. The number of carbonyl (C=O) groups excluding carboxylic acids is 1. The number of ether oxygens (including phenoxy) is 1. The van der Waals surface area contributed by atoms with E-state index < -0.39 is 11.7 Å². The van der Waals surface area contributed by atoms with Crippen LogP contribution in [0.2, 0.25) is 0 Å². The zero-order valence-corrected chi connectivity index (χ0v) is 14.3. The fourth-order valence-corrected chi connectivity index (χ4v) is 1.95. The predicted molar refractivity (Wildman–Crippen MR) is 86.2 cm³/mol. The smallest absolute Gasteiger partial charge is 0.407 e. The summed E-state index contributed by atoms with van der Waals surface area (Å²) in [5.74, 6) is 0. The van der Waals surface area contributed by atoms with E-state index in [1.165, 1.54) is 5.56 Å². The van der Waals surface area contributed by atoms with E-state index in [4.69, 9.17) is 4.74 Å². The summed E-state index contributed by atoms with van der Waals surface area (Å²) >= 11 is 3.50. The second-order valence-corrected chi connectivity index (χ2v) is 6.75. The van der Waals surface area contributed by atoms with Gasteiger partial charge in [-0.2, -0.15) is 0 Å². The van der Waals surface area contributed by atoms with Gasteiger partial charge in [-0.3, -0.25) is 0 Å². The zero-order chi connectivity index (χ0) is 15.3. The second kappa shape index (κ2) is 6.97. The van der Waals surface area contributed by atoms with E-state index in [0.29, 0.717) is 6.54 Å². The molecular weight excluding hydrogens is 320 g/mol. The summed E-state index contributed by atoms with van der Waals surface area (Å²) in [5, 5.41) is 6.08. The Bertz CT molecular complexity index is 469. The van der Waals surface area contributed by atoms with Crippen molar-refractivity contribution in [1.29, 1.82) is 0 Å². The van der Waals surface area contributed by atoms with Crippen LogP contribution in [0, 0.1) is 6.92 Å². The number of nitrogens with one attached hydrogen (secondary N) is 2. The molecule has 0 aliphatic rings. The first kappa shape index (κ1) is 16.8. The maximum atomic E-state index is 11.5. The third-order valence-electron chi connectivity index (χ3n) is 2.54. The first-order chi connectivity index (χ1) is 9.17. The summed E-state index contributed by atoms with van der Waals surface area (Å²) in [5.41, 5.74) is 1.74. The van der Waals surface area contributed by atoms with Gasteiger partial charge >= 0.3 is 6.09 Å². The summed E-state index contributed by atoms with van der Waals surface area (Å²) < 4.78 is 6.25. The van der Waals surface area contributed by atoms with E-state index in [0.717, 1.165) is 10.2 Å². The molecule has 0 saturated carbocycles. The van der Waals surface area contributed by atoms with Crippen LogP contribution in [0.3, 0.4) is 0 Å². The zero-order valence-electron chi connectivity index (χ0n) is 12.7. The van der Waals surface area contributed by atoms with Gasteiger partial charge in [0.1, 0.15) is 5.60 Å². The SMILES string of the molecule is Cc1ccc(NC(C)CNC(=O)OC(C)(C)C)cc1Br. The van der Waals surface area contributed by atoms with Gasteiger partial charge in [-0.15, -0.1) is 0 Å². The average molecular weight is 343 g/mol. The molecule has 1 unspecified atom stereocenters. The first-order valence-corrected chi connectivity index (χ1v) is 7.46. The lowest BCUT2D eigenvalue weighted by atomic mass is 10.2. The van der Waals surface area contributed by atoms with E-state index in [2.05, 4.69) is 26.6 Å². The molecule has 1 aromatic rings. The van der Waals surface area contributed by atoms with E-state index in [1.807, 2.05) is 52.8 Å². The van der Waals surface area contributed by atoms with Crippen molar-refractivity contribution >= 4 is 27.7 Å². The number of amides is 1. The van der Waals surface area contributed by atoms with Crippen LogP contribution in [0.25, 0.3) is 0 Å². The lowest BCUT2D eigenvalue weighted by Crippen LogP contribution is -2.38. The largest absolute Gasteiger partial charge is 0.444 e. The number of hydrogen-bond donors (Lipinski definition) is 2. The highest BCUT2D eigenvalue weighted by Gasteiger charge is 2.16. The fraction of sp³-hybridized carbons (Fsp3) is 0.533. The Morgan fingerprint density at radius 2 is 2.05 bits per heavy atom. The Balaban J connectivity index is 2.42. The van der Waals surface area contributed by atoms with E-state index >= 15 is 0 Å². The highest BCUT2D eigenvalue weighted by molar-refractivity contribution is 9.10. The summed E-state index contributed by atoms with van der Waals surface area (Å²) in [4.78, 5) is 11.5. The number of rotatable bonds is 4. The normalized spacial score (nSPS) is 12.7. The number of hydrogen-bond acceptors (Lipinski definition) is 3. The molecule has 2 N–H and O–H groups in total. The number of benzene rings is 1. The molecule has 0 aromatic heterocycles. The van der Waals surface area contributed by atoms with Gasteiger partial charge in [-0.05, 0) is 52.3 Å². The second-order valence-electron chi connectivity index (χ2n) is 5.89. The van der Waals surface area contributed by atoms with Gasteiger partial charge in [0.15, 0.2) is 0 Å². The highest BCUT2D eigenvalue weighted by Crippen LogP contribution is 2.21. The minimum absolute atomic E-state index is 0.108. The molecular formula is C15H23BrN2O2. The van der Waals surface area contributed by atoms with E-state index in [-0.39, 0.29) is 6.04 Å². The molecule has 1 aromatic carbocycles. The quantitative estimate of drug-likeness (QED) is 0.866. The Morgan fingerprint density at radius 3 is 2.60 bits per heavy atom. The number of halogens is 1. The third-order valence-corrected chi connectivity index (χ3v) is 3.39. The number of alkyl carbamates (subject to hydrolysis) is 1. The molecule has 20 heavy (non-hydrogen) atoms. The summed E-state index contributed by atoms with van der Waals surface area (Å²) in [7, 11) is 0. The number of aryl methyl sites for hydroxylation is 1. The molecule has 0 heterocycles. The van der Waals surface area contributed by atoms with Crippen molar-refractivity contribution in [3.63, 3.8) is 0 Å². The van der Waals surface area contributed by atoms with Crippen molar-refractivity contribution in [3.8, 4) is 0 Å². The molecule has 0 fully saturated rings. The van der Waals surface area contributed by atoms with Crippen LogP contribution in [0.4, 0.5) is 10.5 Å². The lowest BCUT2D eigenvalue weighted by Gasteiger charge is -2.21. The van der Waals surface area contributed by atoms with Crippen molar-refractivity contribution in [2.75, 3.05) is 11.9 Å². The predicted octanol–water partition coefficient (Wildman–Crippen LogP) is 4.08. The van der Waals surface area contributed by atoms with E-state index in [9.17, 15) is 4.79 Å². The molecule has 0 radical (unpaired) electrons. The standard InChI is InChI=1S/C15H23BrN2O2/c1-10-6-7-12(8-13(10)16)18-11(2)9-17-14(19)20-15(3,4)5/h6-8,11,18H,9H2,1-5H3,(H,17,19). The van der Waals surface area contributed by atoms with Gasteiger partial charge in [-0.1, -0.05) is 22.0 Å². The van der Waals surface area contributed by atoms with Crippen LogP contribution >= 0.6 is 15.9 Å². The first-order valence-electron chi connectivity index (χ1n) is 6.67. The maximum absolute atomic E-state index is 11.5. The molecule has 1 atom stereocenters. The molecule has 0 bridgehead atoms. The lowest BCUT2D eigenvalue weighted by molar-refractivity contribution is 0.0526. The molecule has 5 heteroatoms. The summed E-state index contributed by atoms with van der Waals surface area (Å²) in [6.07, 6.45) is -0.392. The highest BCUT2D eigenvalue weighted by atomic mass is 79.9. The van der Waals surface area contributed by atoms with E-state index in [1.54, 1.807) is 0 Å². The molecule has 4 nitrogen and oxygen atoms in total. The minimum Gasteiger partial charge on any atom is -0.444 e. The number of carbonyl (C=O) groups is 1. The van der Waals surface area contributed by atoms with Crippen LogP contribution in [0.5, 0.6) is 0 Å². The van der Waals surface area contributed by atoms with Gasteiger partial charge in [0.2, 0.25) is 0 Å². The molecule has 0 saturated heterocycles. The van der Waals surface area contributed by atoms with Gasteiger partial charge in [0.05, 0.1) is 0 Å². The maximum Gasteiger partial charge on any atom is 0.407 e. The van der Waals surface area contributed by atoms with Crippen LogP contribution in [0.15, 0.2) is 22.7 Å². The molecule has 0 spiro atoms. The van der Waals surface area contributed by atoms with Crippen molar-refractivity contribution in [1.82, 2.24) is 5.32 Å². The van der Waals surface area contributed by atoms with Gasteiger partial charge in [-0.25, -0.2) is 4.79 Å². The van der Waals surface area contributed by atoms with Crippen LogP contribution < -0.4 is 10.6 Å². The third kappa shape index (κ3) is 6.28. The summed E-state index contributed by atoms with van der Waals surface area (Å²) in [6, 6.07) is 6.20. The van der Waals surface area contributed by atoms with Crippen molar-refractivity contribution in [2.45, 2.75) is 46.3 Å². The molecule has 1 amide bonds. The molecule has 0 aliphatic heterocycles. The van der Waals surface area contributed by atoms with Crippen LogP contribution in [-0.2, 0) is 4.74 Å². The molecule has 0 aliphatic carbocycles. The Labute approximate surface area is 129 Å². The van der Waals surface area contributed by atoms with Gasteiger partial charge in [0.25, 0.3) is 0 Å². The van der Waals surface area contributed by atoms with Gasteiger partial charge in [0, 0.05) is 22.7 Å². The summed E-state index contributed by atoms with van der Waals surface area (Å²) in [6.45, 7) is 10.1. The topological polar surface area (TPSA) is 50.4 Å². The molecule has 112 valence electrons. The average Bonchev–Trinajstić information content (AvgIpc) is 2.29. The van der Waals surface area contributed by atoms with Gasteiger partial charge < -0.3 is 15.4 Å². The van der Waals surface area contributed by atoms with Crippen molar-refractivity contribution in [3.05, 3.63) is 28.2 Å². The monoisotopic (exact) mass is 342 g/mol. The number of anilines is 1. The fourth-order valence-electron chi connectivity index (χ4n) is 1.57. The van der Waals surface area contributed by atoms with Crippen LogP contribution in [-0.4, -0.2) is 24.3 Å². The Morgan fingerprint density at radius 1 is 1.40 bits per heavy atom.